The Bertz CT molecular complexity index is 597. The molecule has 1 aliphatic carbocycles. The second-order valence-corrected chi connectivity index (χ2v) is 5.39. The number of hydrogen-bond donors (Lipinski definition) is 1. The molecule has 0 bridgehead atoms. The number of hydrogen-bond acceptors (Lipinski definition) is 1. The summed E-state index contributed by atoms with van der Waals surface area (Å²) in [6.07, 6.45) is 1.05. The predicted octanol–water partition coefficient (Wildman–Crippen LogP) is 4.17. The van der Waals surface area contributed by atoms with Crippen molar-refractivity contribution < 1.29 is 8.78 Å². The van der Waals surface area contributed by atoms with Crippen LogP contribution in [0.5, 0.6) is 0 Å². The van der Waals surface area contributed by atoms with Crippen molar-refractivity contribution in [3.05, 3.63) is 71.3 Å². The highest BCUT2D eigenvalue weighted by molar-refractivity contribution is 5.29. The molecule has 20 heavy (non-hydrogen) atoms. The van der Waals surface area contributed by atoms with E-state index in [1.807, 2.05) is 25.1 Å². The van der Waals surface area contributed by atoms with Gasteiger partial charge in [0.25, 0.3) is 0 Å². The number of nitrogens with one attached hydrogen (secondary N) is 1. The van der Waals surface area contributed by atoms with Gasteiger partial charge in [0.1, 0.15) is 0 Å². The minimum Gasteiger partial charge on any atom is -0.307 e. The number of benzene rings is 2. The Balaban J connectivity index is 1.66. The fourth-order valence-corrected chi connectivity index (χ4v) is 2.71. The minimum absolute atomic E-state index is 0.190. The van der Waals surface area contributed by atoms with Crippen LogP contribution in [-0.4, -0.2) is 6.04 Å². The van der Waals surface area contributed by atoms with E-state index in [2.05, 4.69) is 17.4 Å². The lowest BCUT2D eigenvalue weighted by molar-refractivity contribution is 0.470. The van der Waals surface area contributed by atoms with Crippen molar-refractivity contribution in [3.63, 3.8) is 0 Å². The molecule has 1 fully saturated rings. The van der Waals surface area contributed by atoms with Crippen LogP contribution in [0.25, 0.3) is 0 Å². The van der Waals surface area contributed by atoms with Gasteiger partial charge in [0, 0.05) is 23.6 Å². The molecule has 1 saturated carbocycles. The lowest BCUT2D eigenvalue weighted by Gasteiger charge is -2.15. The van der Waals surface area contributed by atoms with Crippen molar-refractivity contribution in [1.82, 2.24) is 5.32 Å². The number of rotatable bonds is 4. The molecule has 1 aliphatic rings. The van der Waals surface area contributed by atoms with E-state index < -0.39 is 11.6 Å². The van der Waals surface area contributed by atoms with Crippen LogP contribution in [0, 0.1) is 11.6 Å². The van der Waals surface area contributed by atoms with Gasteiger partial charge in [0.2, 0.25) is 0 Å². The van der Waals surface area contributed by atoms with Crippen molar-refractivity contribution >= 4 is 0 Å². The highest BCUT2D eigenvalue weighted by Gasteiger charge is 2.39. The molecule has 2 aromatic rings. The average Bonchev–Trinajstić information content (AvgIpc) is 3.22. The molecule has 0 radical (unpaired) electrons. The molecule has 3 unspecified atom stereocenters. The Morgan fingerprint density at radius 3 is 2.55 bits per heavy atom. The highest BCUT2D eigenvalue weighted by atomic mass is 19.2. The Kier molecular flexibility index (Phi) is 3.53. The van der Waals surface area contributed by atoms with Gasteiger partial charge < -0.3 is 5.32 Å². The minimum atomic E-state index is -0.786. The van der Waals surface area contributed by atoms with E-state index in [1.54, 1.807) is 12.1 Å². The van der Waals surface area contributed by atoms with E-state index in [0.29, 0.717) is 17.5 Å². The van der Waals surface area contributed by atoms with Crippen molar-refractivity contribution in [2.75, 3.05) is 0 Å². The summed E-state index contributed by atoms with van der Waals surface area (Å²) in [5.41, 5.74) is 1.70. The summed E-state index contributed by atoms with van der Waals surface area (Å²) in [6, 6.07) is 14.8. The van der Waals surface area contributed by atoms with E-state index in [0.717, 1.165) is 12.5 Å². The quantitative estimate of drug-likeness (QED) is 0.881. The maximum absolute atomic E-state index is 13.7. The second-order valence-electron chi connectivity index (χ2n) is 5.39. The lowest BCUT2D eigenvalue weighted by atomic mass is 10.1. The molecule has 0 saturated heterocycles. The van der Waals surface area contributed by atoms with Gasteiger partial charge in [0.15, 0.2) is 11.6 Å². The topological polar surface area (TPSA) is 12.0 Å². The monoisotopic (exact) mass is 273 g/mol. The van der Waals surface area contributed by atoms with Crippen LogP contribution in [0.2, 0.25) is 0 Å². The van der Waals surface area contributed by atoms with E-state index in [-0.39, 0.29) is 6.04 Å². The van der Waals surface area contributed by atoms with Gasteiger partial charge in [-0.3, -0.25) is 0 Å². The van der Waals surface area contributed by atoms with Crippen molar-refractivity contribution in [1.29, 1.82) is 0 Å². The van der Waals surface area contributed by atoms with Gasteiger partial charge >= 0.3 is 0 Å². The predicted molar refractivity (Wildman–Crippen MR) is 75.5 cm³/mol. The third-order valence-corrected chi connectivity index (χ3v) is 3.93. The van der Waals surface area contributed by atoms with Crippen LogP contribution < -0.4 is 5.32 Å². The molecule has 0 amide bonds. The summed E-state index contributed by atoms with van der Waals surface area (Å²) in [6.45, 7) is 1.87. The Labute approximate surface area is 117 Å². The molecular weight excluding hydrogens is 256 g/mol. The third-order valence-electron chi connectivity index (χ3n) is 3.93. The fraction of sp³-hybridized carbons (Fsp3) is 0.294. The molecule has 0 heterocycles. The molecule has 0 spiro atoms. The molecule has 0 aliphatic heterocycles. The zero-order chi connectivity index (χ0) is 14.1. The van der Waals surface area contributed by atoms with Gasteiger partial charge in [-0.2, -0.15) is 0 Å². The Morgan fingerprint density at radius 1 is 1.05 bits per heavy atom. The third kappa shape index (κ3) is 2.59. The normalized spacial score (nSPS) is 22.6. The Hall–Kier alpha value is -1.74. The summed E-state index contributed by atoms with van der Waals surface area (Å²) >= 11 is 0. The Morgan fingerprint density at radius 2 is 1.80 bits per heavy atom. The SMILES string of the molecule is CC(NC1CC1c1ccccc1)c1cccc(F)c1F. The lowest BCUT2D eigenvalue weighted by Crippen LogP contribution is -2.23. The first-order valence-corrected chi connectivity index (χ1v) is 6.91. The molecular formula is C17H17F2N. The summed E-state index contributed by atoms with van der Waals surface area (Å²) in [5, 5.41) is 3.38. The first-order valence-electron chi connectivity index (χ1n) is 6.91. The molecule has 104 valence electrons. The molecule has 1 N–H and O–H groups in total. The summed E-state index contributed by atoms with van der Waals surface area (Å²) in [5.74, 6) is -1.05. The van der Waals surface area contributed by atoms with E-state index >= 15 is 0 Å². The summed E-state index contributed by atoms with van der Waals surface area (Å²) < 4.78 is 27.0. The standard InChI is InChI=1S/C17H17F2N/c1-11(13-8-5-9-15(18)17(13)19)20-16-10-14(16)12-6-3-2-4-7-12/h2-9,11,14,16,20H,10H2,1H3. The zero-order valence-electron chi connectivity index (χ0n) is 11.3. The first kappa shape index (κ1) is 13.3. The number of halogens is 2. The van der Waals surface area contributed by atoms with Crippen LogP contribution in [-0.2, 0) is 0 Å². The molecule has 2 aromatic carbocycles. The van der Waals surface area contributed by atoms with Crippen LogP contribution in [0.15, 0.2) is 48.5 Å². The summed E-state index contributed by atoms with van der Waals surface area (Å²) in [7, 11) is 0. The molecule has 0 aromatic heterocycles. The van der Waals surface area contributed by atoms with Crippen molar-refractivity contribution in [3.8, 4) is 0 Å². The molecule has 3 heteroatoms. The first-order chi connectivity index (χ1) is 9.66. The molecule has 1 nitrogen and oxygen atoms in total. The smallest absolute Gasteiger partial charge is 0.163 e. The van der Waals surface area contributed by atoms with Crippen LogP contribution >= 0.6 is 0 Å². The molecule has 3 atom stereocenters. The van der Waals surface area contributed by atoms with E-state index in [4.69, 9.17) is 0 Å². The zero-order valence-corrected chi connectivity index (χ0v) is 11.3. The van der Waals surface area contributed by atoms with Crippen molar-refractivity contribution in [2.45, 2.75) is 31.3 Å². The maximum Gasteiger partial charge on any atom is 0.163 e. The fourth-order valence-electron chi connectivity index (χ4n) is 2.71. The van der Waals surface area contributed by atoms with Gasteiger partial charge in [-0.15, -0.1) is 0 Å². The van der Waals surface area contributed by atoms with E-state index in [9.17, 15) is 8.78 Å². The van der Waals surface area contributed by atoms with Gasteiger partial charge in [0.05, 0.1) is 0 Å². The van der Waals surface area contributed by atoms with Crippen molar-refractivity contribution in [2.24, 2.45) is 0 Å². The van der Waals surface area contributed by atoms with Gasteiger partial charge in [-0.25, -0.2) is 8.78 Å². The maximum atomic E-state index is 13.7. The van der Waals surface area contributed by atoms with E-state index in [1.165, 1.54) is 5.56 Å². The highest BCUT2D eigenvalue weighted by Crippen LogP contribution is 2.42. The summed E-state index contributed by atoms with van der Waals surface area (Å²) in [4.78, 5) is 0. The average molecular weight is 273 g/mol. The van der Waals surface area contributed by atoms with Gasteiger partial charge in [-0.05, 0) is 25.0 Å². The van der Waals surface area contributed by atoms with Gasteiger partial charge in [-0.1, -0.05) is 42.5 Å². The van der Waals surface area contributed by atoms with Crippen LogP contribution in [0.4, 0.5) is 8.78 Å². The second kappa shape index (κ2) is 5.33. The van der Waals surface area contributed by atoms with Crippen LogP contribution in [0.1, 0.15) is 36.4 Å². The largest absolute Gasteiger partial charge is 0.307 e. The molecule has 3 rings (SSSR count). The van der Waals surface area contributed by atoms with Crippen LogP contribution in [0.3, 0.4) is 0 Å².